The van der Waals surface area contributed by atoms with E-state index in [1.807, 2.05) is 24.3 Å². The Morgan fingerprint density at radius 2 is 1.93 bits per heavy atom. The molecule has 0 N–H and O–H groups in total. The third-order valence-corrected chi connectivity index (χ3v) is 4.65. The minimum absolute atomic E-state index is 0.0592. The standard InChI is InChI=1S/C20H18FN3O3/c1-26-17-8-2-13(3-9-17)11-24-12-15(10-18(24)25)19-22-20(27-23-19)14-4-6-16(21)7-5-14/h2-9,15H,10-12H2,1H3. The lowest BCUT2D eigenvalue weighted by atomic mass is 10.1. The highest BCUT2D eigenvalue weighted by Crippen LogP contribution is 2.29. The van der Waals surface area contributed by atoms with E-state index in [0.717, 1.165) is 11.3 Å². The number of likely N-dealkylation sites (tertiary alicyclic amines) is 1. The number of carbonyl (C=O) groups excluding carboxylic acids is 1. The topological polar surface area (TPSA) is 68.5 Å². The van der Waals surface area contributed by atoms with Crippen LogP contribution in [-0.2, 0) is 11.3 Å². The number of hydrogen-bond donors (Lipinski definition) is 0. The monoisotopic (exact) mass is 367 g/mol. The van der Waals surface area contributed by atoms with E-state index in [-0.39, 0.29) is 17.6 Å². The fraction of sp³-hybridized carbons (Fsp3) is 0.250. The molecule has 1 atom stereocenters. The number of ether oxygens (including phenoxy) is 1. The first-order valence-electron chi connectivity index (χ1n) is 8.62. The van der Waals surface area contributed by atoms with Crippen LogP contribution in [0.5, 0.6) is 5.75 Å². The van der Waals surface area contributed by atoms with Gasteiger partial charge in [-0.2, -0.15) is 4.98 Å². The van der Waals surface area contributed by atoms with E-state index in [0.29, 0.717) is 36.8 Å². The number of amides is 1. The summed E-state index contributed by atoms with van der Waals surface area (Å²) >= 11 is 0. The third kappa shape index (κ3) is 3.67. The maximum atomic E-state index is 13.0. The molecule has 0 radical (unpaired) electrons. The number of halogens is 1. The molecule has 1 saturated heterocycles. The molecule has 2 aromatic carbocycles. The molecule has 0 bridgehead atoms. The minimum atomic E-state index is -0.325. The van der Waals surface area contributed by atoms with E-state index in [2.05, 4.69) is 10.1 Å². The Morgan fingerprint density at radius 1 is 1.19 bits per heavy atom. The van der Waals surface area contributed by atoms with Gasteiger partial charge in [-0.3, -0.25) is 4.79 Å². The number of carbonyl (C=O) groups is 1. The molecule has 0 saturated carbocycles. The highest BCUT2D eigenvalue weighted by molar-refractivity contribution is 5.79. The van der Waals surface area contributed by atoms with Crippen molar-refractivity contribution in [1.29, 1.82) is 0 Å². The molecule has 138 valence electrons. The number of aromatic nitrogens is 2. The van der Waals surface area contributed by atoms with Gasteiger partial charge in [0.05, 0.1) is 7.11 Å². The number of hydrogen-bond acceptors (Lipinski definition) is 5. The summed E-state index contributed by atoms with van der Waals surface area (Å²) in [4.78, 5) is 18.6. The van der Waals surface area contributed by atoms with E-state index in [1.165, 1.54) is 12.1 Å². The van der Waals surface area contributed by atoms with Crippen LogP contribution in [0.4, 0.5) is 4.39 Å². The summed E-state index contributed by atoms with van der Waals surface area (Å²) in [5.74, 6) is 1.22. The van der Waals surface area contributed by atoms with Crippen molar-refractivity contribution in [2.45, 2.75) is 18.9 Å². The maximum absolute atomic E-state index is 13.0. The average Bonchev–Trinajstić information content (AvgIpc) is 3.30. The van der Waals surface area contributed by atoms with E-state index in [9.17, 15) is 9.18 Å². The van der Waals surface area contributed by atoms with Gasteiger partial charge in [0.1, 0.15) is 11.6 Å². The van der Waals surface area contributed by atoms with Crippen LogP contribution in [0.1, 0.15) is 23.7 Å². The summed E-state index contributed by atoms with van der Waals surface area (Å²) in [6, 6.07) is 13.5. The molecule has 1 unspecified atom stereocenters. The van der Waals surface area contributed by atoms with Crippen LogP contribution in [0.3, 0.4) is 0 Å². The molecule has 0 spiro atoms. The van der Waals surface area contributed by atoms with Crippen LogP contribution in [0.15, 0.2) is 53.1 Å². The van der Waals surface area contributed by atoms with Gasteiger partial charge in [0.25, 0.3) is 5.89 Å². The van der Waals surface area contributed by atoms with Crippen molar-refractivity contribution in [1.82, 2.24) is 15.0 Å². The van der Waals surface area contributed by atoms with Gasteiger partial charge in [-0.25, -0.2) is 4.39 Å². The number of methoxy groups -OCH3 is 1. The van der Waals surface area contributed by atoms with Gasteiger partial charge in [0.15, 0.2) is 5.82 Å². The van der Waals surface area contributed by atoms with E-state index in [1.54, 1.807) is 24.1 Å². The Kier molecular flexibility index (Phi) is 4.58. The van der Waals surface area contributed by atoms with Crippen LogP contribution in [0, 0.1) is 5.82 Å². The molecular weight excluding hydrogens is 349 g/mol. The zero-order chi connectivity index (χ0) is 18.8. The van der Waals surface area contributed by atoms with Crippen LogP contribution < -0.4 is 4.74 Å². The van der Waals surface area contributed by atoms with Gasteiger partial charge in [-0.1, -0.05) is 17.3 Å². The quantitative estimate of drug-likeness (QED) is 0.691. The zero-order valence-corrected chi connectivity index (χ0v) is 14.8. The summed E-state index contributed by atoms with van der Waals surface area (Å²) in [6.07, 6.45) is 0.346. The number of rotatable bonds is 5. The van der Waals surface area contributed by atoms with Gasteiger partial charge in [-0.15, -0.1) is 0 Å². The van der Waals surface area contributed by atoms with Crippen molar-refractivity contribution in [3.05, 3.63) is 65.7 Å². The predicted molar refractivity (Wildman–Crippen MR) is 95.5 cm³/mol. The van der Waals surface area contributed by atoms with Gasteiger partial charge in [-0.05, 0) is 42.0 Å². The predicted octanol–water partition coefficient (Wildman–Crippen LogP) is 3.40. The van der Waals surface area contributed by atoms with Crippen LogP contribution in [0.2, 0.25) is 0 Å². The largest absolute Gasteiger partial charge is 0.497 e. The first-order chi connectivity index (χ1) is 13.1. The molecular formula is C20H18FN3O3. The molecule has 2 heterocycles. The Balaban J connectivity index is 1.45. The molecule has 1 aliphatic heterocycles. The maximum Gasteiger partial charge on any atom is 0.257 e. The van der Waals surface area contributed by atoms with Crippen molar-refractivity contribution in [2.24, 2.45) is 0 Å². The van der Waals surface area contributed by atoms with Crippen LogP contribution >= 0.6 is 0 Å². The second kappa shape index (κ2) is 7.19. The Morgan fingerprint density at radius 3 is 2.63 bits per heavy atom. The van der Waals surface area contributed by atoms with E-state index < -0.39 is 0 Å². The summed E-state index contributed by atoms with van der Waals surface area (Å²) in [7, 11) is 1.62. The number of nitrogens with zero attached hydrogens (tertiary/aromatic N) is 3. The molecule has 7 heteroatoms. The molecule has 1 aromatic heterocycles. The molecule has 1 amide bonds. The Labute approximate surface area is 155 Å². The van der Waals surface area contributed by atoms with Gasteiger partial charge >= 0.3 is 0 Å². The van der Waals surface area contributed by atoms with E-state index >= 15 is 0 Å². The Bertz CT molecular complexity index is 938. The summed E-state index contributed by atoms with van der Waals surface area (Å²) in [5.41, 5.74) is 1.68. The lowest BCUT2D eigenvalue weighted by molar-refractivity contribution is -0.128. The van der Waals surface area contributed by atoms with Crippen molar-refractivity contribution < 1.29 is 18.4 Å². The normalized spacial score (nSPS) is 16.7. The highest BCUT2D eigenvalue weighted by Gasteiger charge is 2.33. The zero-order valence-electron chi connectivity index (χ0n) is 14.8. The fourth-order valence-electron chi connectivity index (χ4n) is 3.16. The van der Waals surface area contributed by atoms with Crippen molar-refractivity contribution >= 4 is 5.91 Å². The lowest BCUT2D eigenvalue weighted by Gasteiger charge is -2.16. The molecule has 1 fully saturated rings. The summed E-state index contributed by atoms with van der Waals surface area (Å²) in [6.45, 7) is 1.06. The third-order valence-electron chi connectivity index (χ3n) is 4.65. The first kappa shape index (κ1) is 17.2. The SMILES string of the molecule is COc1ccc(CN2CC(c3noc(-c4ccc(F)cc4)n3)CC2=O)cc1. The fourth-order valence-corrected chi connectivity index (χ4v) is 3.16. The smallest absolute Gasteiger partial charge is 0.257 e. The molecule has 6 nitrogen and oxygen atoms in total. The molecule has 1 aliphatic rings. The highest BCUT2D eigenvalue weighted by atomic mass is 19.1. The van der Waals surface area contributed by atoms with Crippen molar-refractivity contribution in [3.8, 4) is 17.2 Å². The molecule has 0 aliphatic carbocycles. The average molecular weight is 367 g/mol. The van der Waals surface area contributed by atoms with E-state index in [4.69, 9.17) is 9.26 Å². The first-order valence-corrected chi connectivity index (χ1v) is 8.62. The molecule has 3 aromatic rings. The Hall–Kier alpha value is -3.22. The van der Waals surface area contributed by atoms with Crippen molar-refractivity contribution in [2.75, 3.05) is 13.7 Å². The van der Waals surface area contributed by atoms with Gasteiger partial charge < -0.3 is 14.2 Å². The van der Waals surface area contributed by atoms with Crippen molar-refractivity contribution in [3.63, 3.8) is 0 Å². The number of benzene rings is 2. The minimum Gasteiger partial charge on any atom is -0.497 e. The summed E-state index contributed by atoms with van der Waals surface area (Å²) in [5, 5.41) is 4.02. The van der Waals surface area contributed by atoms with Crippen LogP contribution in [0.25, 0.3) is 11.5 Å². The van der Waals surface area contributed by atoms with Crippen LogP contribution in [-0.4, -0.2) is 34.6 Å². The van der Waals surface area contributed by atoms with Gasteiger partial charge in [0, 0.05) is 31.0 Å². The second-order valence-corrected chi connectivity index (χ2v) is 6.49. The molecule has 27 heavy (non-hydrogen) atoms. The molecule has 4 rings (SSSR count). The van der Waals surface area contributed by atoms with Gasteiger partial charge in [0.2, 0.25) is 5.91 Å². The lowest BCUT2D eigenvalue weighted by Crippen LogP contribution is -2.24. The summed E-state index contributed by atoms with van der Waals surface area (Å²) < 4.78 is 23.5. The second-order valence-electron chi connectivity index (χ2n) is 6.49.